The molecule has 5 nitrogen and oxygen atoms in total. The predicted molar refractivity (Wildman–Crippen MR) is 132 cm³/mol. The molecule has 2 heterocycles. The Labute approximate surface area is 207 Å². The Hall–Kier alpha value is -3.74. The molecular weight excluding hydrogens is 468 g/mol. The van der Waals surface area contributed by atoms with Crippen LogP contribution >= 0.6 is 0 Å². The summed E-state index contributed by atoms with van der Waals surface area (Å²) in [6, 6.07) is 18.1. The van der Waals surface area contributed by atoms with Crippen molar-refractivity contribution in [3.8, 4) is 23.3 Å². The number of ether oxygens (including phenoxy) is 3. The molecule has 1 aliphatic heterocycles. The van der Waals surface area contributed by atoms with Crippen LogP contribution in [0.15, 0.2) is 66.9 Å². The summed E-state index contributed by atoms with van der Waals surface area (Å²) in [6.45, 7) is 4.29. The first kappa shape index (κ1) is 24.0. The van der Waals surface area contributed by atoms with Gasteiger partial charge in [0, 0.05) is 11.9 Å². The van der Waals surface area contributed by atoms with Crippen LogP contribution in [0.4, 0.5) is 13.2 Å². The molecule has 3 aromatic carbocycles. The number of nitriles is 1. The zero-order valence-corrected chi connectivity index (χ0v) is 19.9. The zero-order chi connectivity index (χ0) is 25.7. The lowest BCUT2D eigenvalue weighted by molar-refractivity contribution is -0.139. The fraction of sp³-hybridized carbons (Fsp3) is 0.222. The van der Waals surface area contributed by atoms with E-state index < -0.39 is 23.1 Å². The number of aromatic nitrogens is 1. The summed E-state index contributed by atoms with van der Waals surface area (Å²) >= 11 is 0. The first-order chi connectivity index (χ1) is 17.1. The Bertz CT molecular complexity index is 1490. The molecule has 182 valence electrons. The lowest BCUT2D eigenvalue weighted by atomic mass is 9.91. The second-order valence-corrected chi connectivity index (χ2v) is 9.15. The molecule has 1 saturated heterocycles. The van der Waals surface area contributed by atoms with Crippen LogP contribution in [-0.2, 0) is 15.7 Å². The number of alkyl halides is 3. The van der Waals surface area contributed by atoms with Gasteiger partial charge >= 0.3 is 6.18 Å². The van der Waals surface area contributed by atoms with Crippen molar-refractivity contribution >= 4 is 24.2 Å². The summed E-state index contributed by atoms with van der Waals surface area (Å²) < 4.78 is 58.8. The van der Waals surface area contributed by atoms with Crippen LogP contribution in [0.1, 0.15) is 36.6 Å². The number of fused-ring (bicyclic) bond motifs is 1. The number of nitrogens with zero attached hydrogens (tertiary/aromatic N) is 2. The second kappa shape index (κ2) is 8.73. The highest BCUT2D eigenvalue weighted by Crippen LogP contribution is 2.37. The smallest absolute Gasteiger partial charge is 0.417 e. The van der Waals surface area contributed by atoms with E-state index in [-0.39, 0.29) is 11.9 Å². The molecule has 0 N–H and O–H groups in total. The number of hydrogen-bond donors (Lipinski definition) is 0. The van der Waals surface area contributed by atoms with Crippen molar-refractivity contribution in [2.75, 3.05) is 6.61 Å². The van der Waals surface area contributed by atoms with Crippen molar-refractivity contribution in [2.45, 2.75) is 31.9 Å². The highest BCUT2D eigenvalue weighted by molar-refractivity contribution is 6.39. The van der Waals surface area contributed by atoms with Gasteiger partial charge in [0.2, 0.25) is 0 Å². The fourth-order valence-electron chi connectivity index (χ4n) is 4.58. The van der Waals surface area contributed by atoms with E-state index in [1.807, 2.05) is 38.1 Å². The molecular formula is C27H22BF3N2O3. The van der Waals surface area contributed by atoms with Crippen molar-refractivity contribution in [2.24, 2.45) is 0 Å². The molecule has 9 heteroatoms. The topological polar surface area (TPSA) is 56.4 Å². The van der Waals surface area contributed by atoms with Gasteiger partial charge in [-0.2, -0.15) is 18.4 Å². The molecule has 1 atom stereocenters. The Balaban J connectivity index is 1.43. The summed E-state index contributed by atoms with van der Waals surface area (Å²) in [5, 5.41) is 10.2. The SMILES string of the molecule is Bc1cn(-c2ccc(Oc3ccc(C(F)(F)F)c(C#N)c3)cc2)c2cccc([C@H]3COC(C)(C)O3)c12. The van der Waals surface area contributed by atoms with Crippen LogP contribution in [0.5, 0.6) is 11.5 Å². The highest BCUT2D eigenvalue weighted by Gasteiger charge is 2.35. The van der Waals surface area contributed by atoms with Gasteiger partial charge in [-0.25, -0.2) is 0 Å². The summed E-state index contributed by atoms with van der Waals surface area (Å²) in [6.07, 6.45) is -2.70. The van der Waals surface area contributed by atoms with Crippen molar-refractivity contribution in [1.29, 1.82) is 5.26 Å². The van der Waals surface area contributed by atoms with Crippen LogP contribution in [0.2, 0.25) is 0 Å². The lowest BCUT2D eigenvalue weighted by Crippen LogP contribution is -2.19. The third kappa shape index (κ3) is 4.46. The minimum Gasteiger partial charge on any atom is -0.457 e. The van der Waals surface area contributed by atoms with Crippen LogP contribution in [0, 0.1) is 11.3 Å². The van der Waals surface area contributed by atoms with Gasteiger partial charge in [-0.15, -0.1) is 0 Å². The highest BCUT2D eigenvalue weighted by atomic mass is 19.4. The molecule has 0 unspecified atom stereocenters. The first-order valence-electron chi connectivity index (χ1n) is 11.4. The predicted octanol–water partition coefficient (Wildman–Crippen LogP) is 5.40. The maximum Gasteiger partial charge on any atom is 0.417 e. The Kier molecular flexibility index (Phi) is 5.82. The summed E-state index contributed by atoms with van der Waals surface area (Å²) in [4.78, 5) is 0. The van der Waals surface area contributed by atoms with Gasteiger partial charge in [0.1, 0.15) is 25.4 Å². The van der Waals surface area contributed by atoms with Crippen molar-refractivity contribution in [1.82, 2.24) is 4.57 Å². The number of benzene rings is 3. The largest absolute Gasteiger partial charge is 0.457 e. The van der Waals surface area contributed by atoms with Crippen LogP contribution < -0.4 is 10.2 Å². The quantitative estimate of drug-likeness (QED) is 0.360. The summed E-state index contributed by atoms with van der Waals surface area (Å²) in [5.41, 5.74) is 2.62. The monoisotopic (exact) mass is 490 g/mol. The van der Waals surface area contributed by atoms with E-state index in [1.165, 1.54) is 6.07 Å². The van der Waals surface area contributed by atoms with Crippen LogP contribution in [0.3, 0.4) is 0 Å². The van der Waals surface area contributed by atoms with Crippen LogP contribution in [-0.4, -0.2) is 24.8 Å². The summed E-state index contributed by atoms with van der Waals surface area (Å²) in [7, 11) is 2.05. The maximum atomic E-state index is 13.1. The molecule has 0 bridgehead atoms. The third-order valence-corrected chi connectivity index (χ3v) is 6.17. The van der Waals surface area contributed by atoms with Gasteiger partial charge in [-0.3, -0.25) is 0 Å². The van der Waals surface area contributed by atoms with E-state index in [1.54, 1.807) is 18.2 Å². The van der Waals surface area contributed by atoms with Gasteiger partial charge in [0.25, 0.3) is 0 Å². The van der Waals surface area contributed by atoms with Crippen molar-refractivity contribution in [3.63, 3.8) is 0 Å². The molecule has 0 saturated carbocycles. The summed E-state index contributed by atoms with van der Waals surface area (Å²) in [5.74, 6) is -0.0314. The molecule has 4 aromatic rings. The normalized spacial score (nSPS) is 17.3. The van der Waals surface area contributed by atoms with Gasteiger partial charge in [-0.05, 0) is 73.3 Å². The Morgan fingerprint density at radius 1 is 1.08 bits per heavy atom. The molecule has 0 amide bonds. The molecule has 0 spiro atoms. The van der Waals surface area contributed by atoms with Gasteiger partial charge in [-0.1, -0.05) is 17.6 Å². The van der Waals surface area contributed by atoms with Gasteiger partial charge in [0.15, 0.2) is 5.79 Å². The van der Waals surface area contributed by atoms with Gasteiger partial charge in [0.05, 0.1) is 29.3 Å². The second-order valence-electron chi connectivity index (χ2n) is 9.15. The van der Waals surface area contributed by atoms with E-state index in [0.29, 0.717) is 12.4 Å². The van der Waals surface area contributed by atoms with Gasteiger partial charge < -0.3 is 18.8 Å². The standard InChI is InChI=1S/C27H22BF3N2O3/c1-26(2)34-15-24(36-26)20-4-3-5-23-25(20)22(28)14-33(23)17-6-8-18(9-7-17)35-19-10-11-21(27(29,30)31)16(12-19)13-32/h3-12,14,24H,15,28H2,1-2H3/t24-/m1/s1. The maximum absolute atomic E-state index is 13.1. The molecule has 0 aliphatic carbocycles. The molecule has 0 radical (unpaired) electrons. The van der Waals surface area contributed by atoms with Crippen LogP contribution in [0.25, 0.3) is 16.6 Å². The molecule has 5 rings (SSSR count). The third-order valence-electron chi connectivity index (χ3n) is 6.17. The van der Waals surface area contributed by atoms with E-state index in [0.717, 1.165) is 39.7 Å². The number of rotatable bonds is 4. The minimum absolute atomic E-state index is 0.154. The van der Waals surface area contributed by atoms with E-state index in [2.05, 4.69) is 24.7 Å². The van der Waals surface area contributed by atoms with Crippen molar-refractivity contribution in [3.05, 3.63) is 83.6 Å². The fourth-order valence-corrected chi connectivity index (χ4v) is 4.58. The van der Waals surface area contributed by atoms with E-state index in [9.17, 15) is 13.2 Å². The first-order valence-corrected chi connectivity index (χ1v) is 11.4. The molecule has 1 fully saturated rings. The Morgan fingerprint density at radius 2 is 1.81 bits per heavy atom. The van der Waals surface area contributed by atoms with Crippen molar-refractivity contribution < 1.29 is 27.4 Å². The lowest BCUT2D eigenvalue weighted by Gasteiger charge is -2.18. The number of hydrogen-bond acceptors (Lipinski definition) is 4. The molecule has 36 heavy (non-hydrogen) atoms. The average Bonchev–Trinajstić information content (AvgIpc) is 3.38. The number of halogens is 3. The Morgan fingerprint density at radius 3 is 2.44 bits per heavy atom. The van der Waals surface area contributed by atoms with E-state index >= 15 is 0 Å². The minimum atomic E-state index is -4.60. The zero-order valence-electron chi connectivity index (χ0n) is 19.9. The molecule has 1 aliphatic rings. The van der Waals surface area contributed by atoms with E-state index in [4.69, 9.17) is 19.5 Å². The molecule has 1 aromatic heterocycles. The average molecular weight is 490 g/mol.